The first kappa shape index (κ1) is 15.3. The van der Waals surface area contributed by atoms with Crippen molar-refractivity contribution in [1.82, 2.24) is 0 Å². The van der Waals surface area contributed by atoms with Crippen LogP contribution in [0.15, 0.2) is 30.3 Å². The predicted octanol–water partition coefficient (Wildman–Crippen LogP) is 3.18. The van der Waals surface area contributed by atoms with Crippen molar-refractivity contribution in [2.24, 2.45) is 0 Å². The molecule has 1 amide bonds. The van der Waals surface area contributed by atoms with Crippen molar-refractivity contribution >= 4 is 38.8 Å². The molecule has 118 valence electrons. The standard InChI is InChI=1S/C17H17N3O2S/c1-9-8-10(2)19-17-13(9)14(18)15(23-17)16(21)20-11-6-4-5-7-12(11)22-3/h4-8H,18H2,1-3H3,(H,20,21)/p+1. The Morgan fingerprint density at radius 1 is 1.30 bits per heavy atom. The van der Waals surface area contributed by atoms with E-state index in [1.807, 2.05) is 32.0 Å². The number of carbonyl (C=O) groups is 1. The Hall–Kier alpha value is -2.60. The number of pyridine rings is 1. The van der Waals surface area contributed by atoms with Crippen LogP contribution in [0, 0.1) is 13.8 Å². The molecule has 0 unspecified atom stereocenters. The van der Waals surface area contributed by atoms with E-state index < -0.39 is 0 Å². The summed E-state index contributed by atoms with van der Waals surface area (Å²) >= 11 is 1.36. The molecular weight excluding hydrogens is 310 g/mol. The van der Waals surface area contributed by atoms with Gasteiger partial charge in [0.2, 0.25) is 0 Å². The number of aromatic amines is 1. The second-order valence-electron chi connectivity index (χ2n) is 5.34. The maximum atomic E-state index is 12.6. The zero-order valence-electron chi connectivity index (χ0n) is 13.2. The Morgan fingerprint density at radius 2 is 2.04 bits per heavy atom. The molecule has 1 aromatic carbocycles. The fraction of sp³-hybridized carbons (Fsp3) is 0.176. The first-order valence-electron chi connectivity index (χ1n) is 7.17. The van der Waals surface area contributed by atoms with Crippen molar-refractivity contribution in [3.63, 3.8) is 0 Å². The highest BCUT2D eigenvalue weighted by Gasteiger charge is 2.22. The van der Waals surface area contributed by atoms with Gasteiger partial charge in [-0.25, -0.2) is 0 Å². The summed E-state index contributed by atoms with van der Waals surface area (Å²) in [5.41, 5.74) is 9.43. The molecule has 0 aliphatic rings. The van der Waals surface area contributed by atoms with E-state index in [0.29, 0.717) is 22.0 Å². The number of hydrogen-bond donors (Lipinski definition) is 2. The Labute approximate surface area is 138 Å². The summed E-state index contributed by atoms with van der Waals surface area (Å²) in [5, 5.41) is 3.77. The van der Waals surface area contributed by atoms with E-state index in [2.05, 4.69) is 10.3 Å². The molecule has 0 spiro atoms. The number of hydrogen-bond acceptors (Lipinski definition) is 4. The van der Waals surface area contributed by atoms with Gasteiger partial charge in [-0.1, -0.05) is 23.5 Å². The first-order valence-corrected chi connectivity index (χ1v) is 7.98. The lowest BCUT2D eigenvalue weighted by atomic mass is 10.1. The van der Waals surface area contributed by atoms with Gasteiger partial charge in [-0.3, -0.25) is 4.79 Å². The van der Waals surface area contributed by atoms with Gasteiger partial charge < -0.3 is 15.8 Å². The lowest BCUT2D eigenvalue weighted by Crippen LogP contribution is -2.12. The molecule has 0 radical (unpaired) electrons. The Kier molecular flexibility index (Phi) is 3.92. The van der Waals surface area contributed by atoms with Gasteiger partial charge in [-0.15, -0.1) is 0 Å². The topological polar surface area (TPSA) is 78.5 Å². The van der Waals surface area contributed by atoms with Crippen LogP contribution in [0.4, 0.5) is 11.4 Å². The number of nitrogens with one attached hydrogen (secondary N) is 2. The minimum atomic E-state index is -0.237. The van der Waals surface area contributed by atoms with Crippen LogP contribution in [0.2, 0.25) is 0 Å². The Bertz CT molecular complexity index is 902. The van der Waals surface area contributed by atoms with Gasteiger partial charge in [0.15, 0.2) is 5.69 Å². The number of anilines is 2. The van der Waals surface area contributed by atoms with E-state index in [1.165, 1.54) is 11.3 Å². The molecule has 4 N–H and O–H groups in total. The number of carbonyl (C=O) groups excluding carboxylic acids is 1. The van der Waals surface area contributed by atoms with Crippen LogP contribution in [0.1, 0.15) is 20.9 Å². The van der Waals surface area contributed by atoms with Gasteiger partial charge in [-0.05, 0) is 24.6 Å². The van der Waals surface area contributed by atoms with E-state index in [9.17, 15) is 4.79 Å². The molecule has 2 heterocycles. The number of aromatic nitrogens is 1. The average Bonchev–Trinajstić information content (AvgIpc) is 2.84. The van der Waals surface area contributed by atoms with Gasteiger partial charge in [0, 0.05) is 13.0 Å². The number of aryl methyl sites for hydroxylation is 2. The van der Waals surface area contributed by atoms with Crippen molar-refractivity contribution in [3.8, 4) is 5.75 Å². The summed E-state index contributed by atoms with van der Waals surface area (Å²) in [5.74, 6) is 0.373. The average molecular weight is 328 g/mol. The third-order valence-electron chi connectivity index (χ3n) is 3.64. The fourth-order valence-corrected chi connectivity index (χ4v) is 3.78. The second kappa shape index (κ2) is 5.89. The SMILES string of the molecule is COc1ccccc1NC(=O)c1sc2[nH+]c(C)cc(C)c2c1N. The van der Waals surface area contributed by atoms with E-state index in [4.69, 9.17) is 10.5 Å². The number of rotatable bonds is 3. The summed E-state index contributed by atoms with van der Waals surface area (Å²) in [6, 6.07) is 9.30. The van der Waals surface area contributed by atoms with Crippen molar-refractivity contribution < 1.29 is 14.5 Å². The molecule has 0 saturated heterocycles. The second-order valence-corrected chi connectivity index (χ2v) is 6.36. The number of para-hydroxylation sites is 2. The number of nitrogen functional groups attached to an aromatic ring is 1. The zero-order chi connectivity index (χ0) is 16.6. The summed E-state index contributed by atoms with van der Waals surface area (Å²) in [6.07, 6.45) is 0. The van der Waals surface area contributed by atoms with Gasteiger partial charge in [-0.2, -0.15) is 4.98 Å². The van der Waals surface area contributed by atoms with Crippen molar-refractivity contribution in [2.75, 3.05) is 18.2 Å². The maximum Gasteiger partial charge on any atom is 0.270 e. The highest BCUT2D eigenvalue weighted by molar-refractivity contribution is 7.20. The summed E-state index contributed by atoms with van der Waals surface area (Å²) in [6.45, 7) is 3.98. The molecule has 0 saturated carbocycles. The predicted molar refractivity (Wildman–Crippen MR) is 93.2 cm³/mol. The minimum absolute atomic E-state index is 0.237. The van der Waals surface area contributed by atoms with Crippen molar-refractivity contribution in [3.05, 3.63) is 46.5 Å². The molecule has 0 aliphatic carbocycles. The molecule has 6 heteroatoms. The van der Waals surface area contributed by atoms with Crippen LogP contribution in [-0.2, 0) is 0 Å². The number of ether oxygens (including phenoxy) is 1. The summed E-state index contributed by atoms with van der Waals surface area (Å²) in [7, 11) is 1.57. The van der Waals surface area contributed by atoms with Gasteiger partial charge in [0.1, 0.15) is 10.6 Å². The van der Waals surface area contributed by atoms with Gasteiger partial charge in [0.25, 0.3) is 10.7 Å². The van der Waals surface area contributed by atoms with Crippen LogP contribution >= 0.6 is 11.3 Å². The fourth-order valence-electron chi connectivity index (χ4n) is 2.63. The molecular formula is C17H18N3O2S+. The molecule has 0 bridgehead atoms. The number of benzene rings is 1. The first-order chi connectivity index (χ1) is 11.0. The van der Waals surface area contributed by atoms with Crippen molar-refractivity contribution in [1.29, 1.82) is 0 Å². The largest absolute Gasteiger partial charge is 0.495 e. The van der Waals surface area contributed by atoms with Crippen LogP contribution in [0.5, 0.6) is 5.75 Å². The van der Waals surface area contributed by atoms with Gasteiger partial charge >= 0.3 is 0 Å². The smallest absolute Gasteiger partial charge is 0.270 e. The number of amides is 1. The van der Waals surface area contributed by atoms with Crippen LogP contribution in [0.25, 0.3) is 10.2 Å². The highest BCUT2D eigenvalue weighted by Crippen LogP contribution is 2.34. The lowest BCUT2D eigenvalue weighted by molar-refractivity contribution is -0.351. The quantitative estimate of drug-likeness (QED) is 0.775. The van der Waals surface area contributed by atoms with Crippen LogP contribution in [0.3, 0.4) is 0 Å². The summed E-state index contributed by atoms with van der Waals surface area (Å²) < 4.78 is 5.26. The minimum Gasteiger partial charge on any atom is -0.495 e. The Balaban J connectivity index is 2.01. The summed E-state index contributed by atoms with van der Waals surface area (Å²) in [4.78, 5) is 17.3. The van der Waals surface area contributed by atoms with Crippen LogP contribution < -0.4 is 20.8 Å². The van der Waals surface area contributed by atoms with E-state index in [1.54, 1.807) is 19.2 Å². The molecule has 0 aliphatic heterocycles. The molecule has 5 nitrogen and oxygen atoms in total. The molecule has 23 heavy (non-hydrogen) atoms. The number of methoxy groups -OCH3 is 1. The molecule has 3 aromatic rings. The molecule has 3 rings (SSSR count). The van der Waals surface area contributed by atoms with E-state index >= 15 is 0 Å². The molecule has 0 fully saturated rings. The Morgan fingerprint density at radius 3 is 2.78 bits per heavy atom. The third-order valence-corrected chi connectivity index (χ3v) is 4.76. The number of fused-ring (bicyclic) bond motifs is 1. The number of H-pyrrole nitrogens is 1. The molecule has 2 aromatic heterocycles. The monoisotopic (exact) mass is 328 g/mol. The van der Waals surface area contributed by atoms with Crippen LogP contribution in [-0.4, -0.2) is 13.0 Å². The third kappa shape index (κ3) is 2.73. The zero-order valence-corrected chi connectivity index (χ0v) is 14.0. The van der Waals surface area contributed by atoms with Crippen molar-refractivity contribution in [2.45, 2.75) is 13.8 Å². The molecule has 0 atom stereocenters. The van der Waals surface area contributed by atoms with E-state index in [0.717, 1.165) is 21.5 Å². The normalized spacial score (nSPS) is 10.7. The number of thiophene rings is 1. The maximum absolute atomic E-state index is 12.6. The highest BCUT2D eigenvalue weighted by atomic mass is 32.1. The lowest BCUT2D eigenvalue weighted by Gasteiger charge is -2.09. The van der Waals surface area contributed by atoms with E-state index in [-0.39, 0.29) is 5.91 Å². The number of nitrogens with two attached hydrogens (primary N) is 1. The van der Waals surface area contributed by atoms with Gasteiger partial charge in [0.05, 0.1) is 23.9 Å².